The molecule has 1 aromatic heterocycles. The third-order valence-corrected chi connectivity index (χ3v) is 10.2. The van der Waals surface area contributed by atoms with Crippen LogP contribution in [0.15, 0.2) is 89.0 Å². The van der Waals surface area contributed by atoms with E-state index in [1.807, 2.05) is 56.3 Å². The number of piperazine rings is 1. The first-order valence-corrected chi connectivity index (χ1v) is 16.6. The molecular weight excluding hydrogens is 578 g/mol. The lowest BCUT2D eigenvalue weighted by molar-refractivity contribution is -0.123. The first kappa shape index (κ1) is 29.8. The van der Waals surface area contributed by atoms with E-state index in [1.165, 1.54) is 9.31 Å². The first-order valence-electron chi connectivity index (χ1n) is 15.1. The molecule has 1 aliphatic carbocycles. The highest BCUT2D eigenvalue weighted by Gasteiger charge is 2.41. The van der Waals surface area contributed by atoms with Gasteiger partial charge in [0.25, 0.3) is 5.91 Å². The molecule has 0 saturated carbocycles. The highest BCUT2D eigenvalue weighted by molar-refractivity contribution is 7.89. The molecule has 6 rings (SSSR count). The van der Waals surface area contributed by atoms with E-state index < -0.39 is 10.0 Å². The minimum atomic E-state index is -3.71. The van der Waals surface area contributed by atoms with Crippen LogP contribution in [0, 0.1) is 11.8 Å². The molecule has 0 N–H and O–H groups in total. The molecule has 1 amide bonds. The molecule has 2 aromatic carbocycles. The molecule has 2 unspecified atom stereocenters. The Labute approximate surface area is 258 Å². The van der Waals surface area contributed by atoms with Crippen molar-refractivity contribution in [2.75, 3.05) is 49.3 Å². The van der Waals surface area contributed by atoms with Crippen LogP contribution in [0.2, 0.25) is 0 Å². The monoisotopic (exact) mass is 615 g/mol. The van der Waals surface area contributed by atoms with Gasteiger partial charge in [-0.25, -0.2) is 18.4 Å². The largest absolute Gasteiger partial charge is 0.490 e. The quantitative estimate of drug-likeness (QED) is 0.321. The molecule has 10 nitrogen and oxygen atoms in total. The van der Waals surface area contributed by atoms with Crippen molar-refractivity contribution in [3.05, 3.63) is 84.6 Å². The fourth-order valence-corrected chi connectivity index (χ4v) is 7.47. The van der Waals surface area contributed by atoms with Crippen molar-refractivity contribution >= 4 is 33.1 Å². The maximum Gasteiger partial charge on any atom is 0.251 e. The Morgan fingerprint density at radius 1 is 0.841 bits per heavy atom. The Kier molecular flexibility index (Phi) is 8.67. The molecule has 230 valence electrons. The number of allylic oxidation sites excluding steroid dienone is 2. The zero-order valence-corrected chi connectivity index (χ0v) is 25.8. The smallest absolute Gasteiger partial charge is 0.251 e. The maximum absolute atomic E-state index is 13.7. The summed E-state index contributed by atoms with van der Waals surface area (Å²) in [5.41, 5.74) is 2.18. The molecule has 1 fully saturated rings. The molecule has 2 aliphatic heterocycles. The number of sulfonamides is 1. The summed E-state index contributed by atoms with van der Waals surface area (Å²) in [5, 5.41) is 6.31. The normalized spacial score (nSPS) is 20.7. The van der Waals surface area contributed by atoms with E-state index in [1.54, 1.807) is 30.5 Å². The van der Waals surface area contributed by atoms with Gasteiger partial charge in [-0.1, -0.05) is 18.2 Å². The summed E-state index contributed by atoms with van der Waals surface area (Å²) in [5.74, 6) is 1.71. The molecule has 0 bridgehead atoms. The number of nitrogens with zero attached hydrogens (tertiary/aromatic N) is 5. The predicted molar refractivity (Wildman–Crippen MR) is 170 cm³/mol. The van der Waals surface area contributed by atoms with Gasteiger partial charge in [-0.15, -0.1) is 0 Å². The van der Waals surface area contributed by atoms with Gasteiger partial charge in [0.05, 0.1) is 35.4 Å². The summed E-state index contributed by atoms with van der Waals surface area (Å²) in [7, 11) is -3.71. The van der Waals surface area contributed by atoms with Crippen LogP contribution < -0.4 is 19.4 Å². The van der Waals surface area contributed by atoms with Crippen molar-refractivity contribution in [3.63, 3.8) is 0 Å². The van der Waals surface area contributed by atoms with Gasteiger partial charge in [0.1, 0.15) is 5.82 Å². The minimum absolute atomic E-state index is 0.0689. The molecular formula is C33H37N5O5S. The van der Waals surface area contributed by atoms with Gasteiger partial charge in [0, 0.05) is 43.9 Å². The van der Waals surface area contributed by atoms with Crippen LogP contribution in [0.25, 0.3) is 0 Å². The fourth-order valence-electron chi connectivity index (χ4n) is 6.05. The van der Waals surface area contributed by atoms with Crippen LogP contribution in [-0.4, -0.2) is 68.7 Å². The summed E-state index contributed by atoms with van der Waals surface area (Å²) in [6.45, 7) is 6.70. The highest BCUT2D eigenvalue weighted by atomic mass is 32.2. The van der Waals surface area contributed by atoms with Gasteiger partial charge >= 0.3 is 0 Å². The van der Waals surface area contributed by atoms with Gasteiger partial charge < -0.3 is 14.4 Å². The zero-order valence-electron chi connectivity index (χ0n) is 25.0. The summed E-state index contributed by atoms with van der Waals surface area (Å²) < 4.78 is 40.2. The zero-order chi connectivity index (χ0) is 30.7. The first-order chi connectivity index (χ1) is 21.4. The van der Waals surface area contributed by atoms with Gasteiger partial charge in [0.15, 0.2) is 11.5 Å². The van der Waals surface area contributed by atoms with Gasteiger partial charge in [-0.3, -0.25) is 4.79 Å². The second kappa shape index (κ2) is 12.8. The number of ether oxygens (including phenoxy) is 2. The summed E-state index contributed by atoms with van der Waals surface area (Å²) in [6, 6.07) is 17.9. The lowest BCUT2D eigenvalue weighted by Gasteiger charge is -2.37. The van der Waals surface area contributed by atoms with Gasteiger partial charge in [-0.05, 0) is 81.3 Å². The maximum atomic E-state index is 13.7. The predicted octanol–water partition coefficient (Wildman–Crippen LogP) is 4.72. The number of carbonyl (C=O) groups is 1. The molecule has 11 heteroatoms. The number of pyridine rings is 1. The number of hydrogen-bond donors (Lipinski definition) is 0. The number of rotatable bonds is 9. The molecule has 0 radical (unpaired) electrons. The van der Waals surface area contributed by atoms with E-state index in [0.29, 0.717) is 69.4 Å². The van der Waals surface area contributed by atoms with Gasteiger partial charge in [0.2, 0.25) is 10.0 Å². The van der Waals surface area contributed by atoms with E-state index in [-0.39, 0.29) is 22.6 Å². The lowest BCUT2D eigenvalue weighted by atomic mass is 9.76. The standard InChI is InChI=1S/C33H37N5O5S/c1-3-42-29-17-12-24(23-30(29)43-4-2)32-27-9-5-6-10-28(27)33(39)38(35-32)25-13-15-26(16-14-25)44(40,41)37-21-19-36(20-22-37)31-11-7-8-18-34-31/h5-8,11-18,23,27-28H,3-4,9-10,19-22H2,1-2H3. The Bertz CT molecular complexity index is 1650. The van der Waals surface area contributed by atoms with Crippen molar-refractivity contribution < 1.29 is 22.7 Å². The number of hydrazone groups is 1. The van der Waals surface area contributed by atoms with E-state index in [2.05, 4.69) is 16.0 Å². The van der Waals surface area contributed by atoms with Crippen molar-refractivity contribution in [2.45, 2.75) is 31.6 Å². The Balaban J connectivity index is 1.26. The van der Waals surface area contributed by atoms with Crippen molar-refractivity contribution in [2.24, 2.45) is 16.9 Å². The van der Waals surface area contributed by atoms with Crippen LogP contribution in [-0.2, 0) is 14.8 Å². The number of anilines is 2. The summed E-state index contributed by atoms with van der Waals surface area (Å²) in [4.78, 5) is 20.4. The van der Waals surface area contributed by atoms with Crippen LogP contribution in [0.4, 0.5) is 11.5 Å². The van der Waals surface area contributed by atoms with Crippen LogP contribution in [0.1, 0.15) is 32.3 Å². The Morgan fingerprint density at radius 2 is 1.55 bits per heavy atom. The minimum Gasteiger partial charge on any atom is -0.490 e. The van der Waals surface area contributed by atoms with Crippen molar-refractivity contribution in [1.29, 1.82) is 0 Å². The fraction of sp³-hybridized carbons (Fsp3) is 0.364. The molecule has 0 spiro atoms. The third kappa shape index (κ3) is 5.81. The van der Waals surface area contributed by atoms with Crippen LogP contribution >= 0.6 is 0 Å². The second-order valence-electron chi connectivity index (χ2n) is 10.9. The van der Waals surface area contributed by atoms with E-state index >= 15 is 0 Å². The average Bonchev–Trinajstić information content (AvgIpc) is 3.07. The average molecular weight is 616 g/mol. The number of aromatic nitrogens is 1. The van der Waals surface area contributed by atoms with Crippen molar-refractivity contribution in [3.8, 4) is 11.5 Å². The number of amides is 1. The van der Waals surface area contributed by atoms with Crippen LogP contribution in [0.3, 0.4) is 0 Å². The summed E-state index contributed by atoms with van der Waals surface area (Å²) in [6.07, 6.45) is 7.22. The molecule has 2 atom stereocenters. The SMILES string of the molecule is CCOc1ccc(C2=NN(c3ccc(S(=O)(=O)N4CCN(c5ccccn5)CC4)cc3)C(=O)C3CC=CCC23)cc1OCC. The number of carbonyl (C=O) groups excluding carboxylic acids is 1. The van der Waals surface area contributed by atoms with Gasteiger partial charge in [-0.2, -0.15) is 9.41 Å². The Hall–Kier alpha value is -4.22. The second-order valence-corrected chi connectivity index (χ2v) is 12.8. The van der Waals surface area contributed by atoms with E-state index in [4.69, 9.17) is 14.6 Å². The summed E-state index contributed by atoms with van der Waals surface area (Å²) >= 11 is 0. The Morgan fingerprint density at radius 3 is 2.23 bits per heavy atom. The molecule has 44 heavy (non-hydrogen) atoms. The number of hydrogen-bond acceptors (Lipinski definition) is 8. The third-order valence-electron chi connectivity index (χ3n) is 8.29. The topological polar surface area (TPSA) is 105 Å². The van der Waals surface area contributed by atoms with Crippen LogP contribution in [0.5, 0.6) is 11.5 Å². The molecule has 3 heterocycles. The van der Waals surface area contributed by atoms with E-state index in [9.17, 15) is 13.2 Å². The van der Waals surface area contributed by atoms with Crippen molar-refractivity contribution in [1.82, 2.24) is 9.29 Å². The number of fused-ring (bicyclic) bond motifs is 1. The highest BCUT2D eigenvalue weighted by Crippen LogP contribution is 2.38. The van der Waals surface area contributed by atoms with E-state index in [0.717, 1.165) is 17.1 Å². The lowest BCUT2D eigenvalue weighted by Crippen LogP contribution is -2.48. The number of benzene rings is 2. The molecule has 3 aliphatic rings. The molecule has 3 aromatic rings. The molecule has 1 saturated heterocycles.